The molecular formula is C28H40Fm2N6O6-2. The van der Waals surface area contributed by atoms with E-state index < -0.39 is 23.8 Å². The van der Waals surface area contributed by atoms with E-state index in [1.54, 1.807) is 38.1 Å². The van der Waals surface area contributed by atoms with E-state index in [4.69, 9.17) is 10.8 Å². The maximum Gasteiger partial charge on any atom is 0.250 e. The molecule has 14 heteroatoms. The minimum absolute atomic E-state index is 0. The quantitative estimate of drug-likeness (QED) is 0.118. The first-order valence-electron chi connectivity index (χ1n) is 12.9. The van der Waals surface area contributed by atoms with Crippen molar-refractivity contribution in [3.8, 4) is 0 Å². The fourth-order valence-corrected chi connectivity index (χ4v) is 2.94. The monoisotopic (exact) mass is 1070 g/mol. The van der Waals surface area contributed by atoms with Crippen LogP contribution < -0.4 is 32.3 Å². The minimum Gasteiger partial charge on any atom is -0.503 e. The van der Waals surface area contributed by atoms with Crippen molar-refractivity contribution in [1.29, 1.82) is 0 Å². The van der Waals surface area contributed by atoms with Crippen molar-refractivity contribution in [2.24, 2.45) is 11.7 Å². The number of aliphatic hydroxyl groups excluding tert-OH is 1. The van der Waals surface area contributed by atoms with Crippen molar-refractivity contribution in [3.05, 3.63) is 53.6 Å². The number of amides is 5. The summed E-state index contributed by atoms with van der Waals surface area (Å²) in [6, 6.07) is 9.73. The Bertz CT molecular complexity index is 1090. The Kier molecular flexibility index (Phi) is 21.7. The van der Waals surface area contributed by atoms with Crippen LogP contribution in [0.5, 0.6) is 0 Å². The molecule has 2 aromatic carbocycles. The van der Waals surface area contributed by atoms with E-state index in [-0.39, 0.29) is 36.0 Å². The van der Waals surface area contributed by atoms with Gasteiger partial charge in [0.2, 0.25) is 17.7 Å². The van der Waals surface area contributed by atoms with E-state index >= 15 is 0 Å². The Hall–Kier alpha value is -6.29. The van der Waals surface area contributed by atoms with E-state index in [0.717, 1.165) is 13.0 Å². The van der Waals surface area contributed by atoms with Crippen LogP contribution in [0.4, 0.5) is 17.1 Å². The van der Waals surface area contributed by atoms with Crippen molar-refractivity contribution in [1.82, 2.24) is 10.6 Å². The zero-order chi connectivity index (χ0) is 30.5. The predicted octanol–water partition coefficient (Wildman–Crippen LogP) is 2.03. The third-order valence-corrected chi connectivity index (χ3v) is 5.02. The number of anilines is 3. The Morgan fingerprint density at radius 2 is 1.48 bits per heavy atom. The van der Waals surface area contributed by atoms with E-state index in [0.29, 0.717) is 11.3 Å². The van der Waals surface area contributed by atoms with Gasteiger partial charge in [-0.05, 0) is 36.6 Å². The average molecular weight is 1070 g/mol. The first-order valence-corrected chi connectivity index (χ1v) is 12.9. The zero-order valence-corrected chi connectivity index (χ0v) is 29.0. The molecule has 12 nitrogen and oxygen atoms in total. The van der Waals surface area contributed by atoms with Gasteiger partial charge in [-0.15, -0.1) is 12.1 Å². The smallest absolute Gasteiger partial charge is 0.250 e. The SMILES string of the molecule is CC.CC(C)C(NC(=O)c1ccc(N[C-]=O)c(N[C-]=O)c1)C(=O)NCC(=O)Nc1ccc(CO)cc1.CCCN.[Fm].[Fm]. The van der Waals surface area contributed by atoms with Gasteiger partial charge in [-0.25, -0.2) is 0 Å². The summed E-state index contributed by atoms with van der Waals surface area (Å²) in [5.41, 5.74) is 6.69. The van der Waals surface area contributed by atoms with Gasteiger partial charge in [-0.2, -0.15) is 11.4 Å². The molecule has 0 fully saturated rings. The third kappa shape index (κ3) is 14.0. The molecule has 42 heavy (non-hydrogen) atoms. The van der Waals surface area contributed by atoms with Gasteiger partial charge in [0.05, 0.1) is 26.0 Å². The summed E-state index contributed by atoms with van der Waals surface area (Å²) >= 11 is 0. The number of benzene rings is 2. The zero-order valence-electron chi connectivity index (χ0n) is 24.2. The number of nitrogens with two attached hydrogens (primary N) is 1. The van der Waals surface area contributed by atoms with Gasteiger partial charge in [0, 0.05) is 11.3 Å². The van der Waals surface area contributed by atoms with Crippen LogP contribution in [0.1, 0.15) is 57.0 Å². The summed E-state index contributed by atoms with van der Waals surface area (Å²) in [6.07, 6.45) is 4.03. The summed E-state index contributed by atoms with van der Waals surface area (Å²) in [4.78, 5) is 58.8. The molecule has 0 aliphatic heterocycles. The molecule has 2 rings (SSSR count). The second-order valence-corrected chi connectivity index (χ2v) is 8.32. The molecule has 0 saturated heterocycles. The number of aliphatic hydroxyl groups is 1. The Balaban J connectivity index is -0.00000175. The van der Waals surface area contributed by atoms with Gasteiger partial charge in [-0.3, -0.25) is 14.4 Å². The van der Waals surface area contributed by atoms with Crippen molar-refractivity contribution in [2.45, 2.75) is 53.7 Å². The molecule has 2 aromatic rings. The van der Waals surface area contributed by atoms with E-state index in [1.807, 2.05) is 13.8 Å². The summed E-state index contributed by atoms with van der Waals surface area (Å²) in [6.45, 7) is 9.91. The predicted molar refractivity (Wildman–Crippen MR) is 156 cm³/mol. The molecule has 0 spiro atoms. The molecule has 0 saturated carbocycles. The van der Waals surface area contributed by atoms with E-state index in [1.165, 1.54) is 31.0 Å². The standard InChI is InChI=1S/C23H25N5O6.C3H9N.C2H6.2Fm/c1-14(2)21(23(34)24-10-20(32)27-17-6-3-15(11-29)4-7-17)28-22(33)16-5-8-18(25-12-30)19(9-16)26-13-31;1-2-3-4;1-2;;/h3-9,14,21,29H,10-11H2,1-2H3,(H,24,34)(H,25,30)(H,26,31)(H,27,32)(H,28,33);2-4H2,1H3;1-2H3;;/q-2;;;;. The fourth-order valence-electron chi connectivity index (χ4n) is 2.94. The van der Waals surface area contributed by atoms with Crippen molar-refractivity contribution in [3.63, 3.8) is 0 Å². The molecule has 0 heterocycles. The molecule has 0 aliphatic carbocycles. The second kappa shape index (κ2) is 22.7. The normalized spacial score (nSPS) is 9.90. The fraction of sp³-hybridized carbons (Fsp3) is 0.393. The average Bonchev–Trinajstić information content (AvgIpc) is 2.97. The molecule has 8 N–H and O–H groups in total. The van der Waals surface area contributed by atoms with Gasteiger partial charge in [0.15, 0.2) is 0 Å². The van der Waals surface area contributed by atoms with E-state index in [9.17, 15) is 24.0 Å². The summed E-state index contributed by atoms with van der Waals surface area (Å²) in [7, 11) is 0. The number of rotatable bonds is 13. The summed E-state index contributed by atoms with van der Waals surface area (Å²) in [5.74, 6) is -1.92. The molecule has 1 atom stereocenters. The van der Waals surface area contributed by atoms with Gasteiger partial charge in [0.1, 0.15) is 6.04 Å². The maximum atomic E-state index is 12.7. The van der Waals surface area contributed by atoms with Crippen molar-refractivity contribution < 1.29 is 29.1 Å². The van der Waals surface area contributed by atoms with Crippen LogP contribution >= 0.6 is 0 Å². The Morgan fingerprint density at radius 1 is 0.929 bits per heavy atom. The summed E-state index contributed by atoms with van der Waals surface area (Å²) < 4.78 is 0. The van der Waals surface area contributed by atoms with Crippen molar-refractivity contribution in [2.75, 3.05) is 29.0 Å². The van der Waals surface area contributed by atoms with Gasteiger partial charge >= 0.3 is 0 Å². The molecule has 0 bridgehead atoms. The number of nitrogens with one attached hydrogen (secondary N) is 5. The van der Waals surface area contributed by atoms with Gasteiger partial charge < -0.3 is 47.0 Å². The minimum atomic E-state index is -0.945. The van der Waals surface area contributed by atoms with Crippen LogP contribution in [0.25, 0.3) is 0 Å². The van der Waals surface area contributed by atoms with Gasteiger partial charge in [0.25, 0.3) is 0 Å². The first-order chi connectivity index (χ1) is 19.2. The Morgan fingerprint density at radius 3 is 1.95 bits per heavy atom. The number of carbonyl (C=O) groups is 3. The summed E-state index contributed by atoms with van der Waals surface area (Å²) in [5, 5.41) is 21.3. The number of hydrogen-bond acceptors (Lipinski definition) is 7. The van der Waals surface area contributed by atoms with Crippen LogP contribution in [0.15, 0.2) is 42.5 Å². The van der Waals surface area contributed by atoms with Crippen LogP contribution in [0, 0.1) is 5.92 Å². The van der Waals surface area contributed by atoms with Crippen LogP contribution in [-0.2, 0) is 25.8 Å². The number of hydrogen-bond donors (Lipinski definition) is 7. The molecule has 5 amide bonds. The molecule has 0 aromatic heterocycles. The topological polar surface area (TPSA) is 192 Å². The molecule has 1 unspecified atom stereocenters. The third-order valence-electron chi connectivity index (χ3n) is 5.02. The van der Waals surface area contributed by atoms with Crippen LogP contribution in [0.3, 0.4) is 0 Å². The number of carbonyl (C=O) groups excluding carboxylic acids is 5. The Labute approximate surface area is 235 Å². The first kappa shape index (κ1) is 40.2. The van der Waals surface area contributed by atoms with E-state index in [2.05, 4.69) is 33.5 Å². The largest absolute Gasteiger partial charge is 0.503 e. The van der Waals surface area contributed by atoms with Crippen LogP contribution in [-0.4, -0.2) is 54.8 Å². The van der Waals surface area contributed by atoms with Crippen molar-refractivity contribution >= 4 is 47.6 Å². The maximum absolute atomic E-state index is 12.7. The second-order valence-electron chi connectivity index (χ2n) is 8.32. The molecular weight excluding hydrogens is 1030 g/mol. The molecule has 0 radical (unpaired) electrons. The van der Waals surface area contributed by atoms with Crippen LogP contribution in [0.2, 0.25) is 0 Å². The molecule has 244 valence electrons. The molecule has 0 aliphatic rings. The van der Waals surface area contributed by atoms with Gasteiger partial charge in [-0.1, -0.05) is 52.8 Å².